The van der Waals surface area contributed by atoms with Crippen molar-refractivity contribution in [2.45, 2.75) is 52.5 Å². The van der Waals surface area contributed by atoms with Crippen molar-refractivity contribution in [3.8, 4) is 18.1 Å². The second kappa shape index (κ2) is 14.5. The summed E-state index contributed by atoms with van der Waals surface area (Å²) in [6.45, 7) is 7.04. The van der Waals surface area contributed by atoms with Gasteiger partial charge in [-0.25, -0.2) is 9.32 Å². The molecule has 5 atom stereocenters. The zero-order valence-corrected chi connectivity index (χ0v) is 22.7. The molecule has 0 saturated carbocycles. The van der Waals surface area contributed by atoms with E-state index in [1.54, 1.807) is 32.9 Å². The fraction of sp³-hybridized carbons (Fsp3) is 0.417. The first-order valence-corrected chi connectivity index (χ1v) is 13.6. The normalized spacial score (nSPS) is 22.6. The molecular formula is C24H31N4O7PS+2. The highest BCUT2D eigenvalue weighted by Crippen LogP contribution is 2.31. The van der Waals surface area contributed by atoms with Crippen LogP contribution in [-0.2, 0) is 35.5 Å². The maximum atomic E-state index is 12.1. The number of hydrogen-bond acceptors (Lipinski definition) is 10. The molecule has 37 heavy (non-hydrogen) atoms. The second-order valence-corrected chi connectivity index (χ2v) is 10.0. The third-order valence-electron chi connectivity index (χ3n) is 4.88. The molecule has 198 valence electrons. The molecule has 2 aliphatic heterocycles. The number of amides is 3. The third kappa shape index (κ3) is 9.64. The summed E-state index contributed by atoms with van der Waals surface area (Å²) in [7, 11) is -1.66. The number of benzene rings is 1. The number of para-hydroxylation sites is 1. The average Bonchev–Trinajstić information content (AvgIpc) is 3.27. The number of nitrogens with one attached hydrogen (secondary N) is 2. The molecule has 13 heteroatoms. The molecule has 4 unspecified atom stereocenters. The van der Waals surface area contributed by atoms with Crippen LogP contribution in [0.25, 0.3) is 0 Å². The molecule has 2 aliphatic rings. The summed E-state index contributed by atoms with van der Waals surface area (Å²) in [4.78, 5) is 34.0. The topological polar surface area (TPSA) is 141 Å². The van der Waals surface area contributed by atoms with Gasteiger partial charge in [0.1, 0.15) is 12.2 Å². The van der Waals surface area contributed by atoms with Gasteiger partial charge >= 0.3 is 25.1 Å². The first-order valence-electron chi connectivity index (χ1n) is 11.4. The first kappa shape index (κ1) is 30.0. The van der Waals surface area contributed by atoms with Crippen molar-refractivity contribution in [1.29, 1.82) is 0 Å². The SMILES string of the molecule is C#C[C@H](C)C1CC(NO[P+](=S)Oc2ccccc2)O/C1=[N+]1/C=CC(=O)NC1=O.CC(C)OC(=O)C(C)N. The highest BCUT2D eigenvalue weighted by Gasteiger charge is 2.43. The van der Waals surface area contributed by atoms with Crippen molar-refractivity contribution < 1.29 is 37.6 Å². The van der Waals surface area contributed by atoms with E-state index < -0.39 is 31.4 Å². The average molecular weight is 551 g/mol. The number of nitrogens with zero attached hydrogens (tertiary/aromatic N) is 1. The monoisotopic (exact) mass is 550 g/mol. The Morgan fingerprint density at radius 1 is 1.30 bits per heavy atom. The Morgan fingerprint density at radius 2 is 1.97 bits per heavy atom. The highest BCUT2D eigenvalue weighted by molar-refractivity contribution is 8.00. The molecule has 11 nitrogen and oxygen atoms in total. The van der Waals surface area contributed by atoms with Crippen LogP contribution in [0, 0.1) is 24.2 Å². The molecule has 3 rings (SSSR count). The van der Waals surface area contributed by atoms with E-state index in [-0.39, 0.29) is 23.9 Å². The number of esters is 1. The van der Waals surface area contributed by atoms with Gasteiger partial charge in [0.05, 0.1) is 18.1 Å². The lowest BCUT2D eigenvalue weighted by Crippen LogP contribution is -2.42. The molecule has 1 aromatic carbocycles. The van der Waals surface area contributed by atoms with E-state index in [9.17, 15) is 14.4 Å². The van der Waals surface area contributed by atoms with E-state index >= 15 is 0 Å². The van der Waals surface area contributed by atoms with Gasteiger partial charge in [0.15, 0.2) is 12.0 Å². The molecular weight excluding hydrogens is 519 g/mol. The number of hydroxylamine groups is 1. The lowest BCUT2D eigenvalue weighted by molar-refractivity contribution is -0.367. The second-order valence-electron chi connectivity index (χ2n) is 8.33. The Hall–Kier alpha value is -3.20. The van der Waals surface area contributed by atoms with Crippen LogP contribution in [0.4, 0.5) is 4.79 Å². The van der Waals surface area contributed by atoms with Crippen molar-refractivity contribution in [1.82, 2.24) is 10.8 Å². The Labute approximate surface area is 221 Å². The standard InChI is InChI=1S/C18H17N3O5PS.C6H13NO2/c1-3-12(2)14-11-16(20-26-27(28)25-13-7-5-4-6-8-13)24-17(14)21-10-9-15(22)19-18(21)23;1-4(2)9-6(8)5(3)7/h1,4-10,12,14,16,20H,11H2,2H3;4-5H,7H2,1-3H3/q+1;/p+1/b21-17-;/t12-,14?,16?;/m0./s1. The third-order valence-corrected chi connectivity index (χ3v) is 5.94. The van der Waals surface area contributed by atoms with Crippen molar-refractivity contribution in [3.05, 3.63) is 42.6 Å². The predicted octanol–water partition coefficient (Wildman–Crippen LogP) is 2.45. The maximum absolute atomic E-state index is 12.1. The van der Waals surface area contributed by atoms with Gasteiger partial charge in [0, 0.05) is 12.3 Å². The molecule has 1 saturated heterocycles. The van der Waals surface area contributed by atoms with Gasteiger partial charge in [-0.15, -0.1) is 22.4 Å². The Morgan fingerprint density at radius 3 is 2.51 bits per heavy atom. The van der Waals surface area contributed by atoms with Crippen LogP contribution in [0.5, 0.6) is 5.75 Å². The van der Waals surface area contributed by atoms with Gasteiger partial charge in [-0.05, 0) is 37.5 Å². The summed E-state index contributed by atoms with van der Waals surface area (Å²) >= 11 is 5.18. The molecule has 1 fully saturated rings. The minimum Gasteiger partial charge on any atom is -0.462 e. The van der Waals surface area contributed by atoms with Gasteiger partial charge in [-0.3, -0.25) is 4.79 Å². The molecule has 0 spiro atoms. The molecule has 0 aromatic heterocycles. The van der Waals surface area contributed by atoms with Crippen LogP contribution in [0.15, 0.2) is 42.6 Å². The number of urea groups is 1. The first-order chi connectivity index (χ1) is 17.5. The van der Waals surface area contributed by atoms with E-state index in [4.69, 9.17) is 42.6 Å². The molecule has 3 amide bonds. The van der Waals surface area contributed by atoms with Crippen LogP contribution in [0.3, 0.4) is 0 Å². The quantitative estimate of drug-likeness (QED) is 0.145. The molecule has 4 N–H and O–H groups in total. The van der Waals surface area contributed by atoms with Gasteiger partial charge in [0.2, 0.25) is 11.8 Å². The van der Waals surface area contributed by atoms with Crippen LogP contribution in [-0.4, -0.2) is 46.8 Å². The Kier molecular flexibility index (Phi) is 11.8. The largest absolute Gasteiger partial charge is 0.593 e. The van der Waals surface area contributed by atoms with E-state index in [1.807, 2.05) is 25.1 Å². The van der Waals surface area contributed by atoms with Gasteiger partial charge < -0.3 is 15.2 Å². The number of terminal acetylenes is 1. The summed E-state index contributed by atoms with van der Waals surface area (Å²) in [5.74, 6) is 2.31. The van der Waals surface area contributed by atoms with Crippen LogP contribution < -0.4 is 21.1 Å². The summed E-state index contributed by atoms with van der Waals surface area (Å²) in [6, 6.07) is 7.97. The molecule has 0 aliphatic carbocycles. The fourth-order valence-corrected chi connectivity index (χ4v) is 3.99. The smallest absolute Gasteiger partial charge is 0.462 e. The highest BCUT2D eigenvalue weighted by atomic mass is 32.4. The Bertz CT molecular complexity index is 1100. The van der Waals surface area contributed by atoms with Gasteiger partial charge in [-0.2, -0.15) is 10.1 Å². The number of ether oxygens (including phenoxy) is 2. The van der Waals surface area contributed by atoms with Crippen LogP contribution >= 0.6 is 7.15 Å². The minimum absolute atomic E-state index is 0.0662. The van der Waals surface area contributed by atoms with Crippen LogP contribution in [0.1, 0.15) is 34.1 Å². The zero-order valence-electron chi connectivity index (χ0n) is 21.0. The van der Waals surface area contributed by atoms with E-state index in [0.717, 1.165) is 0 Å². The zero-order chi connectivity index (χ0) is 27.5. The Balaban J connectivity index is 0.000000458. The fourth-order valence-electron chi connectivity index (χ4n) is 3.07. The number of carbonyl (C=O) groups excluding carboxylic acids is 3. The van der Waals surface area contributed by atoms with Crippen LogP contribution in [0.2, 0.25) is 0 Å². The summed E-state index contributed by atoms with van der Waals surface area (Å²) in [6.07, 6.45) is 7.96. The van der Waals surface area contributed by atoms with Crippen molar-refractivity contribution >= 4 is 42.8 Å². The van der Waals surface area contributed by atoms with Gasteiger partial charge in [0.25, 0.3) is 5.90 Å². The van der Waals surface area contributed by atoms with Crippen molar-refractivity contribution in [2.75, 3.05) is 0 Å². The number of carbonyl (C=O) groups is 3. The van der Waals surface area contributed by atoms with Crippen molar-refractivity contribution in [3.63, 3.8) is 0 Å². The summed E-state index contributed by atoms with van der Waals surface area (Å²) in [5, 5.41) is 2.20. The number of rotatable bonds is 8. The molecule has 2 heterocycles. The number of hydrogen-bond donors (Lipinski definition) is 3. The number of nitrogens with two attached hydrogens (primary N) is 1. The van der Waals surface area contributed by atoms with Gasteiger partial charge in [-0.1, -0.05) is 25.1 Å². The maximum Gasteiger partial charge on any atom is 0.593 e. The predicted molar refractivity (Wildman–Crippen MR) is 139 cm³/mol. The van der Waals surface area contributed by atoms with Crippen molar-refractivity contribution in [2.24, 2.45) is 17.6 Å². The summed E-state index contributed by atoms with van der Waals surface area (Å²) < 4.78 is 22.7. The van der Waals surface area contributed by atoms with E-state index in [2.05, 4.69) is 16.7 Å². The lowest BCUT2D eigenvalue weighted by atomic mass is 9.92. The molecule has 1 aromatic rings. The van der Waals surface area contributed by atoms with E-state index in [1.165, 1.54) is 16.9 Å². The van der Waals surface area contributed by atoms with E-state index in [0.29, 0.717) is 18.1 Å². The summed E-state index contributed by atoms with van der Waals surface area (Å²) in [5.41, 5.74) is 7.95. The minimum atomic E-state index is -1.66. The molecule has 0 bridgehead atoms. The lowest BCUT2D eigenvalue weighted by Gasteiger charge is -2.13. The molecule has 0 radical (unpaired) electrons. The number of imide groups is 1.